The molecule has 1 rings (SSSR count). The summed E-state index contributed by atoms with van der Waals surface area (Å²) in [6.45, 7) is 0.979. The molecule has 0 saturated carbocycles. The molecule has 48 valence electrons. The molecule has 5 heteroatoms. The van der Waals surface area contributed by atoms with E-state index in [-0.39, 0.29) is 0 Å². The van der Waals surface area contributed by atoms with E-state index >= 15 is 0 Å². The first-order chi connectivity index (χ1) is 3.46. The molecule has 0 spiro atoms. The van der Waals surface area contributed by atoms with Crippen LogP contribution in [0.1, 0.15) is 6.92 Å². The molecule has 8 heavy (non-hydrogen) atoms. The molecule has 1 N–H and O–H groups in total. The molecular formula is C3H4F3N2-. The van der Waals surface area contributed by atoms with Gasteiger partial charge < -0.3 is 10.9 Å². The van der Waals surface area contributed by atoms with Crippen LogP contribution in [-0.4, -0.2) is 11.8 Å². The molecule has 1 atom stereocenters. The van der Waals surface area contributed by atoms with Gasteiger partial charge in [0, 0.05) is 5.66 Å². The second-order valence-corrected chi connectivity index (χ2v) is 1.79. The van der Waals surface area contributed by atoms with Gasteiger partial charge in [0.2, 0.25) is 0 Å². The Morgan fingerprint density at radius 1 is 1.50 bits per heavy atom. The van der Waals surface area contributed by atoms with Gasteiger partial charge in [-0.05, 0) is 0 Å². The highest BCUT2D eigenvalue weighted by atomic mass is 19.4. The lowest BCUT2D eigenvalue weighted by molar-refractivity contribution is -0.152. The van der Waals surface area contributed by atoms with E-state index < -0.39 is 11.8 Å². The summed E-state index contributed by atoms with van der Waals surface area (Å²) >= 11 is 0. The highest BCUT2D eigenvalue weighted by Gasteiger charge is 2.48. The fourth-order valence-electron chi connectivity index (χ4n) is 0.211. The Balaban J connectivity index is 2.58. The molecule has 1 fully saturated rings. The Morgan fingerprint density at radius 2 is 1.88 bits per heavy atom. The quantitative estimate of drug-likeness (QED) is 0.484. The monoisotopic (exact) mass is 125 g/mol. The second-order valence-electron chi connectivity index (χ2n) is 1.79. The second kappa shape index (κ2) is 1.16. The molecule has 1 heterocycles. The highest BCUT2D eigenvalue weighted by Crippen LogP contribution is 2.42. The lowest BCUT2D eigenvalue weighted by atomic mass is 10.3. The molecule has 1 aliphatic rings. The van der Waals surface area contributed by atoms with E-state index in [2.05, 4.69) is 5.43 Å². The maximum Gasteiger partial charge on any atom is 0.387 e. The van der Waals surface area contributed by atoms with Crippen LogP contribution in [0.4, 0.5) is 13.2 Å². The minimum absolute atomic E-state index is 0.979. The van der Waals surface area contributed by atoms with Crippen molar-refractivity contribution in [2.75, 3.05) is 0 Å². The van der Waals surface area contributed by atoms with Crippen molar-refractivity contribution in [2.24, 2.45) is 0 Å². The summed E-state index contributed by atoms with van der Waals surface area (Å²) in [6, 6.07) is 0. The molecule has 0 aliphatic carbocycles. The zero-order valence-corrected chi connectivity index (χ0v) is 4.08. The van der Waals surface area contributed by atoms with Gasteiger partial charge in [0.15, 0.2) is 0 Å². The van der Waals surface area contributed by atoms with Gasteiger partial charge in [-0.15, -0.1) is 0 Å². The first-order valence-electron chi connectivity index (χ1n) is 2.01. The molecule has 1 aliphatic heterocycles. The first kappa shape index (κ1) is 5.84. The Kier molecular flexibility index (Phi) is 0.850. The third-order valence-corrected chi connectivity index (χ3v) is 0.999. The van der Waals surface area contributed by atoms with Crippen LogP contribution in [0.15, 0.2) is 0 Å². The molecule has 1 unspecified atom stereocenters. The van der Waals surface area contributed by atoms with Crippen molar-refractivity contribution in [3.05, 3.63) is 5.43 Å². The molecule has 0 amide bonds. The molecule has 0 radical (unpaired) electrons. The van der Waals surface area contributed by atoms with E-state index in [1.54, 1.807) is 0 Å². The predicted molar refractivity (Wildman–Crippen MR) is 21.0 cm³/mol. The van der Waals surface area contributed by atoms with Gasteiger partial charge in [0.25, 0.3) is 0 Å². The molecule has 1 saturated heterocycles. The standard InChI is InChI=1S/C3H4F3N2/c1-2(7-8-2)3(4,5)6/h7H,1H3/q-1. The molecular weight excluding hydrogens is 121 g/mol. The highest BCUT2D eigenvalue weighted by molar-refractivity contribution is 5.19. The van der Waals surface area contributed by atoms with Gasteiger partial charge in [0.1, 0.15) is 0 Å². The number of hydrogen-bond acceptors (Lipinski definition) is 1. The van der Waals surface area contributed by atoms with E-state index in [0.29, 0.717) is 0 Å². The van der Waals surface area contributed by atoms with Crippen molar-refractivity contribution in [3.63, 3.8) is 0 Å². The third-order valence-electron chi connectivity index (χ3n) is 0.999. The van der Waals surface area contributed by atoms with Crippen LogP contribution in [0.2, 0.25) is 0 Å². The van der Waals surface area contributed by atoms with Gasteiger partial charge in [0.05, 0.1) is 0 Å². The SMILES string of the molecule is CC1(C(F)(F)F)[N-]N1. The van der Waals surface area contributed by atoms with Crippen LogP contribution < -0.4 is 5.43 Å². The number of nitrogens with one attached hydrogen (secondary N) is 1. The normalized spacial score (nSPS) is 37.5. The number of alkyl halides is 3. The third kappa shape index (κ3) is 0.674. The summed E-state index contributed by atoms with van der Waals surface area (Å²) in [5.41, 5.74) is 2.84. The minimum atomic E-state index is -4.23. The largest absolute Gasteiger partial charge is 0.574 e. The van der Waals surface area contributed by atoms with E-state index in [4.69, 9.17) is 0 Å². The number of nitrogens with zero attached hydrogens (tertiary/aromatic N) is 1. The molecule has 0 aromatic rings. The molecule has 0 bridgehead atoms. The maximum atomic E-state index is 11.5. The lowest BCUT2D eigenvalue weighted by Crippen LogP contribution is -2.31. The number of halogens is 3. The Labute approximate surface area is 44.0 Å². The Morgan fingerprint density at radius 3 is 1.88 bits per heavy atom. The van der Waals surface area contributed by atoms with Crippen LogP contribution in [0.3, 0.4) is 0 Å². The van der Waals surface area contributed by atoms with Gasteiger partial charge in [-0.3, -0.25) is 0 Å². The summed E-state index contributed by atoms with van der Waals surface area (Å²) in [6.07, 6.45) is -4.23. The lowest BCUT2D eigenvalue weighted by Gasteiger charge is -2.16. The topological polar surface area (TPSA) is 36.0 Å². The molecule has 0 aromatic heterocycles. The van der Waals surface area contributed by atoms with E-state index in [9.17, 15) is 13.2 Å². The smallest absolute Gasteiger partial charge is 0.387 e. The average molecular weight is 125 g/mol. The summed E-state index contributed by atoms with van der Waals surface area (Å²) in [5.74, 6) is 0. The van der Waals surface area contributed by atoms with Crippen molar-refractivity contribution in [1.29, 1.82) is 0 Å². The van der Waals surface area contributed by atoms with Crippen molar-refractivity contribution in [2.45, 2.75) is 18.8 Å². The van der Waals surface area contributed by atoms with E-state index in [1.165, 1.54) is 0 Å². The van der Waals surface area contributed by atoms with Crippen LogP contribution in [0, 0.1) is 0 Å². The molecule has 0 aromatic carbocycles. The maximum absolute atomic E-state index is 11.5. The fourth-order valence-corrected chi connectivity index (χ4v) is 0.211. The number of hydrogen-bond donors (Lipinski definition) is 1. The summed E-state index contributed by atoms with van der Waals surface area (Å²) in [7, 11) is 0. The van der Waals surface area contributed by atoms with E-state index in [1.807, 2.05) is 5.43 Å². The fraction of sp³-hybridized carbons (Fsp3) is 1.00. The van der Waals surface area contributed by atoms with Gasteiger partial charge in [-0.25, -0.2) is 0 Å². The average Bonchev–Trinajstić information content (AvgIpc) is 2.16. The zero-order chi connectivity index (χ0) is 6.41. The van der Waals surface area contributed by atoms with Crippen LogP contribution in [-0.2, 0) is 0 Å². The van der Waals surface area contributed by atoms with E-state index in [0.717, 1.165) is 6.92 Å². The van der Waals surface area contributed by atoms with Gasteiger partial charge >= 0.3 is 6.18 Å². The van der Waals surface area contributed by atoms with Crippen LogP contribution >= 0.6 is 0 Å². The summed E-state index contributed by atoms with van der Waals surface area (Å²) in [4.78, 5) is 0. The van der Waals surface area contributed by atoms with Crippen molar-refractivity contribution in [1.82, 2.24) is 5.43 Å². The summed E-state index contributed by atoms with van der Waals surface area (Å²) in [5, 5.41) is 0. The van der Waals surface area contributed by atoms with Crippen LogP contribution in [0.5, 0.6) is 0 Å². The summed E-state index contributed by atoms with van der Waals surface area (Å²) < 4.78 is 34.4. The molecule has 2 nitrogen and oxygen atoms in total. The van der Waals surface area contributed by atoms with Gasteiger partial charge in [-0.1, -0.05) is 6.92 Å². The zero-order valence-electron chi connectivity index (χ0n) is 4.08. The predicted octanol–water partition coefficient (Wildman–Crippen LogP) is 1.16. The van der Waals surface area contributed by atoms with Crippen molar-refractivity contribution in [3.8, 4) is 0 Å². The number of rotatable bonds is 0. The van der Waals surface area contributed by atoms with Crippen LogP contribution in [0.25, 0.3) is 5.43 Å². The minimum Gasteiger partial charge on any atom is -0.574 e. The van der Waals surface area contributed by atoms with Gasteiger partial charge in [-0.2, -0.15) is 13.2 Å². The van der Waals surface area contributed by atoms with Crippen molar-refractivity contribution < 1.29 is 13.2 Å². The first-order valence-corrected chi connectivity index (χ1v) is 2.01. The van der Waals surface area contributed by atoms with Crippen molar-refractivity contribution >= 4 is 0 Å². The Hall–Kier alpha value is -0.290. The Bertz CT molecular complexity index is 100.